The highest BCUT2D eigenvalue weighted by atomic mass is 35.5. The van der Waals surface area contributed by atoms with Gasteiger partial charge in [-0.2, -0.15) is 10.2 Å². The fourth-order valence-electron chi connectivity index (χ4n) is 6.25. The smallest absolute Gasteiger partial charge is 0.350 e. The van der Waals surface area contributed by atoms with Crippen LogP contribution in [0.5, 0.6) is 5.75 Å². The number of hydrogen-bond acceptors (Lipinski definition) is 10. The van der Waals surface area contributed by atoms with Gasteiger partial charge in [0.2, 0.25) is 5.79 Å². The van der Waals surface area contributed by atoms with E-state index >= 15 is 0 Å². The number of aromatic nitrogens is 6. The highest BCUT2D eigenvalue weighted by molar-refractivity contribution is 6.35. The van der Waals surface area contributed by atoms with Crippen molar-refractivity contribution in [3.8, 4) is 11.4 Å². The molecule has 0 bridgehead atoms. The lowest BCUT2D eigenvalue weighted by atomic mass is 10.1. The summed E-state index contributed by atoms with van der Waals surface area (Å²) >= 11 is 12.7. The number of aliphatic hydroxyl groups is 1. The van der Waals surface area contributed by atoms with Crippen LogP contribution >= 0.6 is 23.2 Å². The molecule has 2 aliphatic rings. The van der Waals surface area contributed by atoms with Crippen molar-refractivity contribution < 1.29 is 19.3 Å². The van der Waals surface area contributed by atoms with Crippen LogP contribution < -0.4 is 20.2 Å². The molecular weight excluding hydrogens is 683 g/mol. The van der Waals surface area contributed by atoms with E-state index in [1.54, 1.807) is 37.0 Å². The summed E-state index contributed by atoms with van der Waals surface area (Å²) in [5.41, 5.74) is 3.33. The standard InChI is InChI=1S/C35H38Cl2N8O5/c1-24(25(2)46)45-34(47)44(23-40-45)29-6-4-27(5-7-29)41-13-15-42(16-14-41)28-8-10-30(11-9-28)48-18-31-19-49-35(50-31,20-43-22-38-21-39-43)32-12-3-26(36)17-33(32)37/h3-12,17,21-25,31,46H,13-16,18-20H2,1-2H3. The van der Waals surface area contributed by atoms with E-state index in [1.165, 1.54) is 21.9 Å². The molecule has 13 nitrogen and oxygen atoms in total. The van der Waals surface area contributed by atoms with Crippen molar-refractivity contribution in [3.63, 3.8) is 0 Å². The topological polar surface area (TPSA) is 125 Å². The Morgan fingerprint density at radius 2 is 1.58 bits per heavy atom. The summed E-state index contributed by atoms with van der Waals surface area (Å²) in [6.45, 7) is 7.71. The molecule has 3 aromatic carbocycles. The van der Waals surface area contributed by atoms with Gasteiger partial charge in [-0.15, -0.1) is 0 Å². The molecule has 2 saturated heterocycles. The summed E-state index contributed by atoms with van der Waals surface area (Å²) in [7, 11) is 0. The van der Waals surface area contributed by atoms with Crippen LogP contribution in [0.25, 0.3) is 5.69 Å². The average molecular weight is 722 g/mol. The van der Waals surface area contributed by atoms with Gasteiger partial charge in [-0.3, -0.25) is 0 Å². The lowest BCUT2D eigenvalue weighted by molar-refractivity contribution is -0.190. The Balaban J connectivity index is 0.924. The third-order valence-electron chi connectivity index (χ3n) is 9.23. The van der Waals surface area contributed by atoms with Crippen molar-refractivity contribution in [2.75, 3.05) is 49.2 Å². The van der Waals surface area contributed by atoms with E-state index in [0.29, 0.717) is 28.8 Å². The van der Waals surface area contributed by atoms with E-state index in [0.717, 1.165) is 49.0 Å². The van der Waals surface area contributed by atoms with Gasteiger partial charge in [0.25, 0.3) is 0 Å². The van der Waals surface area contributed by atoms with E-state index in [9.17, 15) is 9.90 Å². The van der Waals surface area contributed by atoms with Gasteiger partial charge in [-0.25, -0.2) is 23.7 Å². The highest BCUT2D eigenvalue weighted by Crippen LogP contribution is 2.40. The first-order chi connectivity index (χ1) is 24.2. The second kappa shape index (κ2) is 14.4. The second-order valence-corrected chi connectivity index (χ2v) is 13.4. The number of hydrogen-bond donors (Lipinski definition) is 1. The summed E-state index contributed by atoms with van der Waals surface area (Å²) < 4.78 is 23.3. The lowest BCUT2D eigenvalue weighted by Gasteiger charge is -2.37. The van der Waals surface area contributed by atoms with Crippen LogP contribution in [-0.4, -0.2) is 85.8 Å². The molecule has 0 aliphatic carbocycles. The first-order valence-corrected chi connectivity index (χ1v) is 17.2. The zero-order valence-electron chi connectivity index (χ0n) is 27.7. The van der Waals surface area contributed by atoms with Gasteiger partial charge < -0.3 is 29.1 Å². The predicted molar refractivity (Wildman–Crippen MR) is 190 cm³/mol. The first kappa shape index (κ1) is 34.1. The molecule has 15 heteroatoms. The van der Waals surface area contributed by atoms with Gasteiger partial charge in [-0.05, 0) is 74.5 Å². The van der Waals surface area contributed by atoms with Gasteiger partial charge in [0.15, 0.2) is 0 Å². The summed E-state index contributed by atoms with van der Waals surface area (Å²) in [6.07, 6.45) is 3.53. The number of piperazine rings is 1. The molecule has 0 radical (unpaired) electrons. The van der Waals surface area contributed by atoms with Crippen molar-refractivity contribution >= 4 is 34.6 Å². The van der Waals surface area contributed by atoms with Gasteiger partial charge in [-0.1, -0.05) is 29.3 Å². The molecule has 0 spiro atoms. The first-order valence-electron chi connectivity index (χ1n) is 16.5. The van der Waals surface area contributed by atoms with Crippen molar-refractivity contribution in [1.82, 2.24) is 29.1 Å². The lowest BCUT2D eigenvalue weighted by Crippen LogP contribution is -2.46. The summed E-state index contributed by atoms with van der Waals surface area (Å²) in [4.78, 5) is 21.6. The highest BCUT2D eigenvalue weighted by Gasteiger charge is 2.45. The average Bonchev–Trinajstić information content (AvgIpc) is 3.88. The molecule has 2 fully saturated rings. The SMILES string of the molecule is CC(O)C(C)n1ncn(-c2ccc(N3CCN(c4ccc(OCC5COC(Cn6cncn6)(c6ccc(Cl)cc6Cl)O5)cc4)CC3)cc2)c1=O. The molecule has 0 amide bonds. The van der Waals surface area contributed by atoms with Crippen LogP contribution in [0.4, 0.5) is 11.4 Å². The van der Waals surface area contributed by atoms with Gasteiger partial charge >= 0.3 is 5.69 Å². The van der Waals surface area contributed by atoms with Crippen molar-refractivity contribution in [2.45, 2.75) is 44.4 Å². The number of nitrogens with zero attached hydrogens (tertiary/aromatic N) is 8. The number of halogens is 2. The molecule has 7 rings (SSSR count). The number of aliphatic hydroxyl groups excluding tert-OH is 1. The van der Waals surface area contributed by atoms with Gasteiger partial charge in [0.05, 0.1) is 29.5 Å². The Bertz CT molecular complexity index is 1940. The second-order valence-electron chi connectivity index (χ2n) is 12.5. The maximum Gasteiger partial charge on any atom is 0.350 e. The quantitative estimate of drug-likeness (QED) is 0.208. The van der Waals surface area contributed by atoms with Crippen LogP contribution in [0.1, 0.15) is 25.5 Å². The molecule has 4 unspecified atom stereocenters. The molecular formula is C35H38Cl2N8O5. The third-order valence-corrected chi connectivity index (χ3v) is 9.77. The van der Waals surface area contributed by atoms with E-state index < -0.39 is 17.9 Å². The van der Waals surface area contributed by atoms with Crippen LogP contribution in [-0.2, 0) is 21.8 Å². The molecule has 1 N–H and O–H groups in total. The fraction of sp³-hybridized carbons (Fsp3) is 0.371. The van der Waals surface area contributed by atoms with Gasteiger partial charge in [0.1, 0.15) is 44.0 Å². The predicted octanol–water partition coefficient (Wildman–Crippen LogP) is 4.55. The van der Waals surface area contributed by atoms with Crippen LogP contribution in [0.2, 0.25) is 10.0 Å². The van der Waals surface area contributed by atoms with Crippen molar-refractivity contribution in [1.29, 1.82) is 0 Å². The summed E-state index contributed by atoms with van der Waals surface area (Å²) in [5.74, 6) is -0.432. The van der Waals surface area contributed by atoms with Crippen LogP contribution in [0.3, 0.4) is 0 Å². The largest absolute Gasteiger partial charge is 0.491 e. The Kier molecular flexibility index (Phi) is 9.84. The molecule has 2 aromatic heterocycles. The summed E-state index contributed by atoms with van der Waals surface area (Å²) in [5, 5.41) is 19.2. The van der Waals surface area contributed by atoms with Crippen LogP contribution in [0.15, 0.2) is 90.5 Å². The molecule has 2 aliphatic heterocycles. The minimum atomic E-state index is -1.17. The normalized spacial score (nSPS) is 20.6. The number of anilines is 2. The Hall–Kier alpha value is -4.40. The van der Waals surface area contributed by atoms with E-state index in [4.69, 9.17) is 37.4 Å². The molecule has 4 atom stereocenters. The fourth-order valence-corrected chi connectivity index (χ4v) is 6.80. The van der Waals surface area contributed by atoms with Gasteiger partial charge in [0, 0.05) is 48.1 Å². The van der Waals surface area contributed by atoms with Crippen molar-refractivity contribution in [3.05, 3.63) is 112 Å². The number of benzene rings is 3. The van der Waals surface area contributed by atoms with E-state index in [2.05, 4.69) is 37.1 Å². The molecule has 50 heavy (non-hydrogen) atoms. The molecule has 5 aromatic rings. The van der Waals surface area contributed by atoms with E-state index in [-0.39, 0.29) is 18.3 Å². The third kappa shape index (κ3) is 7.10. The minimum absolute atomic E-state index is 0.261. The summed E-state index contributed by atoms with van der Waals surface area (Å²) in [6, 6.07) is 20.8. The maximum atomic E-state index is 12.8. The maximum absolute atomic E-state index is 12.8. The Morgan fingerprint density at radius 1 is 0.920 bits per heavy atom. The zero-order valence-corrected chi connectivity index (χ0v) is 29.2. The minimum Gasteiger partial charge on any atom is -0.491 e. The Labute approximate surface area is 299 Å². The zero-order chi connectivity index (χ0) is 34.8. The van der Waals surface area contributed by atoms with Crippen LogP contribution in [0, 0.1) is 0 Å². The number of rotatable bonds is 11. The monoisotopic (exact) mass is 720 g/mol. The van der Waals surface area contributed by atoms with Crippen molar-refractivity contribution in [2.24, 2.45) is 0 Å². The molecule has 262 valence electrons. The number of ether oxygens (including phenoxy) is 3. The van der Waals surface area contributed by atoms with E-state index in [1.807, 2.05) is 42.5 Å². The molecule has 0 saturated carbocycles. The molecule has 4 heterocycles. The Morgan fingerprint density at radius 3 is 2.20 bits per heavy atom.